The van der Waals surface area contributed by atoms with Crippen molar-refractivity contribution >= 4 is 62.5 Å². The van der Waals surface area contributed by atoms with Gasteiger partial charge in [-0.2, -0.15) is 0 Å². The maximum absolute atomic E-state index is 13.3. The highest BCUT2D eigenvalue weighted by molar-refractivity contribution is 14.1. The van der Waals surface area contributed by atoms with Crippen LogP contribution in [0.4, 0.5) is 5.13 Å². The van der Waals surface area contributed by atoms with Gasteiger partial charge < -0.3 is 9.84 Å². The van der Waals surface area contributed by atoms with Crippen molar-refractivity contribution in [1.82, 2.24) is 4.98 Å². The van der Waals surface area contributed by atoms with E-state index in [4.69, 9.17) is 4.74 Å². The third-order valence-corrected chi connectivity index (χ3v) is 7.50. The van der Waals surface area contributed by atoms with Crippen LogP contribution in [0.2, 0.25) is 0 Å². The molecule has 0 radical (unpaired) electrons. The number of aliphatic hydroxyl groups excluding tert-OH is 1. The predicted molar refractivity (Wildman–Crippen MR) is 138 cm³/mol. The molecule has 0 bridgehead atoms. The molecule has 2 aromatic carbocycles. The Kier molecular flexibility index (Phi) is 6.59. The number of ketones is 1. The summed E-state index contributed by atoms with van der Waals surface area (Å²) < 4.78 is 5.80. The molecule has 0 saturated carbocycles. The molecule has 1 aliphatic rings. The number of ether oxygens (including phenoxy) is 1. The lowest BCUT2D eigenvalue weighted by atomic mass is 9.93. The number of aromatic nitrogens is 1. The van der Waals surface area contributed by atoms with Crippen molar-refractivity contribution in [3.8, 4) is 0 Å². The zero-order chi connectivity index (χ0) is 24.7. The van der Waals surface area contributed by atoms with E-state index in [2.05, 4.69) is 27.6 Å². The fraction of sp³-hybridized carbons (Fsp3) is 0.200. The SMILES string of the molecule is COC(=O)c1sc(N2C(=O)C(=O)/C(=C(/O)c3cc(C)ccc3C)C2c2ccc(I)cc2)nc1C. The van der Waals surface area contributed by atoms with Crippen molar-refractivity contribution < 1.29 is 24.2 Å². The summed E-state index contributed by atoms with van der Waals surface area (Å²) in [5, 5.41) is 11.5. The number of rotatable bonds is 4. The van der Waals surface area contributed by atoms with Crippen LogP contribution in [0.3, 0.4) is 0 Å². The summed E-state index contributed by atoms with van der Waals surface area (Å²) in [5.41, 5.74) is 3.18. The number of methoxy groups -OCH3 is 1. The number of carbonyl (C=O) groups excluding carboxylic acids is 3. The van der Waals surface area contributed by atoms with Crippen molar-refractivity contribution in [2.24, 2.45) is 0 Å². The third kappa shape index (κ3) is 4.14. The van der Waals surface area contributed by atoms with E-state index in [1.807, 2.05) is 50.2 Å². The molecule has 174 valence electrons. The molecule has 1 aromatic heterocycles. The predicted octanol–water partition coefficient (Wildman–Crippen LogP) is 5.09. The fourth-order valence-corrected chi connectivity index (χ4v) is 5.27. The number of nitrogens with zero attached hydrogens (tertiary/aromatic N) is 2. The number of benzene rings is 2. The molecule has 1 amide bonds. The van der Waals surface area contributed by atoms with Crippen LogP contribution < -0.4 is 4.90 Å². The van der Waals surface area contributed by atoms with E-state index >= 15 is 0 Å². The zero-order valence-corrected chi connectivity index (χ0v) is 21.9. The van der Waals surface area contributed by atoms with Gasteiger partial charge in [-0.05, 0) is 72.7 Å². The normalized spacial score (nSPS) is 17.3. The minimum Gasteiger partial charge on any atom is -0.507 e. The Balaban J connectivity index is 1.97. The Hall–Kier alpha value is -3.05. The number of carbonyl (C=O) groups is 3. The summed E-state index contributed by atoms with van der Waals surface area (Å²) in [7, 11) is 1.27. The van der Waals surface area contributed by atoms with Gasteiger partial charge >= 0.3 is 11.9 Å². The van der Waals surface area contributed by atoms with Crippen molar-refractivity contribution in [2.75, 3.05) is 12.0 Å². The molecule has 7 nitrogen and oxygen atoms in total. The van der Waals surface area contributed by atoms with Crippen LogP contribution in [0.5, 0.6) is 0 Å². The van der Waals surface area contributed by atoms with Gasteiger partial charge in [-0.15, -0.1) is 0 Å². The monoisotopic (exact) mass is 588 g/mol. The van der Waals surface area contributed by atoms with Gasteiger partial charge in [-0.3, -0.25) is 14.5 Å². The Morgan fingerprint density at radius 3 is 2.44 bits per heavy atom. The molecule has 2 heterocycles. The van der Waals surface area contributed by atoms with Crippen LogP contribution in [0.15, 0.2) is 48.0 Å². The summed E-state index contributed by atoms with van der Waals surface area (Å²) in [5.74, 6) is -2.44. The first-order valence-electron chi connectivity index (χ1n) is 10.3. The highest BCUT2D eigenvalue weighted by Gasteiger charge is 2.48. The van der Waals surface area contributed by atoms with Crippen LogP contribution in [0, 0.1) is 24.3 Å². The van der Waals surface area contributed by atoms with E-state index < -0.39 is 23.7 Å². The molecular weight excluding hydrogens is 567 g/mol. The molecule has 0 spiro atoms. The quantitative estimate of drug-likeness (QED) is 0.150. The number of Topliss-reactive ketones (excluding diaryl/α,β-unsaturated/α-hetero) is 1. The number of anilines is 1. The molecule has 1 N–H and O–H groups in total. The van der Waals surface area contributed by atoms with Gasteiger partial charge in [0.25, 0.3) is 5.78 Å². The van der Waals surface area contributed by atoms with Gasteiger partial charge in [-0.1, -0.05) is 41.2 Å². The number of esters is 1. The summed E-state index contributed by atoms with van der Waals surface area (Å²) in [6.45, 7) is 5.36. The topological polar surface area (TPSA) is 96.8 Å². The van der Waals surface area contributed by atoms with Gasteiger partial charge in [0, 0.05) is 9.13 Å². The Labute approximate surface area is 214 Å². The molecule has 1 unspecified atom stereocenters. The number of hydrogen-bond donors (Lipinski definition) is 1. The highest BCUT2D eigenvalue weighted by Crippen LogP contribution is 2.44. The lowest BCUT2D eigenvalue weighted by Gasteiger charge is -2.23. The van der Waals surface area contributed by atoms with E-state index in [0.717, 1.165) is 26.0 Å². The summed E-state index contributed by atoms with van der Waals surface area (Å²) >= 11 is 3.14. The van der Waals surface area contributed by atoms with Crippen LogP contribution in [-0.4, -0.2) is 34.9 Å². The molecule has 1 saturated heterocycles. The first-order chi connectivity index (χ1) is 16.1. The van der Waals surface area contributed by atoms with Gasteiger partial charge in [-0.25, -0.2) is 9.78 Å². The molecule has 4 rings (SSSR count). The summed E-state index contributed by atoms with van der Waals surface area (Å²) in [6, 6.07) is 12.0. The molecular formula is C25H21IN2O5S. The smallest absolute Gasteiger partial charge is 0.350 e. The van der Waals surface area contributed by atoms with Crippen LogP contribution in [-0.2, 0) is 14.3 Å². The largest absolute Gasteiger partial charge is 0.507 e. The average molecular weight is 588 g/mol. The number of aryl methyl sites for hydroxylation is 3. The molecule has 1 fully saturated rings. The Morgan fingerprint density at radius 1 is 1.12 bits per heavy atom. The maximum atomic E-state index is 13.3. The minimum absolute atomic E-state index is 0.0209. The second kappa shape index (κ2) is 9.30. The van der Waals surface area contributed by atoms with Gasteiger partial charge in [0.05, 0.1) is 24.4 Å². The van der Waals surface area contributed by atoms with Gasteiger partial charge in [0.1, 0.15) is 10.6 Å². The second-order valence-electron chi connectivity index (χ2n) is 7.94. The molecule has 34 heavy (non-hydrogen) atoms. The Morgan fingerprint density at radius 2 is 1.79 bits per heavy atom. The summed E-state index contributed by atoms with van der Waals surface area (Å²) in [4.78, 5) is 44.7. The van der Waals surface area contributed by atoms with Crippen molar-refractivity contribution in [3.63, 3.8) is 0 Å². The molecule has 1 atom stereocenters. The van der Waals surface area contributed by atoms with Crippen LogP contribution in [0.1, 0.15) is 43.7 Å². The lowest BCUT2D eigenvalue weighted by Crippen LogP contribution is -2.29. The van der Waals surface area contributed by atoms with E-state index in [0.29, 0.717) is 16.8 Å². The molecule has 1 aliphatic heterocycles. The van der Waals surface area contributed by atoms with Gasteiger partial charge in [0.15, 0.2) is 5.13 Å². The molecule has 3 aromatic rings. The standard InChI is InChI=1S/C25H21IN2O5S/c1-12-5-6-13(2)17(11-12)20(29)18-19(15-7-9-16(26)10-8-15)28(23(31)21(18)30)25-27-14(3)22(34-25)24(32)33-4/h5-11,19,29H,1-4H3/b20-18+. The average Bonchev–Trinajstić information content (AvgIpc) is 3.32. The van der Waals surface area contributed by atoms with Gasteiger partial charge in [0.2, 0.25) is 0 Å². The second-order valence-corrected chi connectivity index (χ2v) is 10.2. The summed E-state index contributed by atoms with van der Waals surface area (Å²) in [6.07, 6.45) is 0. The number of hydrogen-bond acceptors (Lipinski definition) is 7. The van der Waals surface area contributed by atoms with E-state index in [9.17, 15) is 19.5 Å². The Bertz CT molecular complexity index is 1360. The van der Waals surface area contributed by atoms with Crippen LogP contribution in [0.25, 0.3) is 5.76 Å². The number of aliphatic hydroxyl groups is 1. The minimum atomic E-state index is -0.909. The van der Waals surface area contributed by atoms with Crippen molar-refractivity contribution in [2.45, 2.75) is 26.8 Å². The van der Waals surface area contributed by atoms with E-state index in [1.165, 1.54) is 12.0 Å². The molecule has 9 heteroatoms. The number of amides is 1. The number of halogens is 1. The number of thiazole rings is 1. The van der Waals surface area contributed by atoms with Crippen molar-refractivity contribution in [3.05, 3.63) is 84.4 Å². The third-order valence-electron chi connectivity index (χ3n) is 5.64. The van der Waals surface area contributed by atoms with Crippen LogP contribution >= 0.6 is 33.9 Å². The van der Waals surface area contributed by atoms with Crippen molar-refractivity contribution in [1.29, 1.82) is 0 Å². The fourth-order valence-electron chi connectivity index (χ4n) is 3.89. The maximum Gasteiger partial charge on any atom is 0.350 e. The van der Waals surface area contributed by atoms with E-state index in [-0.39, 0.29) is 21.3 Å². The zero-order valence-electron chi connectivity index (χ0n) is 18.9. The first kappa shape index (κ1) is 24.1. The lowest BCUT2D eigenvalue weighted by molar-refractivity contribution is -0.132. The first-order valence-corrected chi connectivity index (χ1v) is 12.2. The van der Waals surface area contributed by atoms with E-state index in [1.54, 1.807) is 13.0 Å². The molecule has 0 aliphatic carbocycles. The highest BCUT2D eigenvalue weighted by atomic mass is 127.